The number of furan rings is 1. The number of halogens is 1. The maximum absolute atomic E-state index is 15.6. The summed E-state index contributed by atoms with van der Waals surface area (Å²) < 4.78 is 22.2. The highest BCUT2D eigenvalue weighted by Gasteiger charge is 2.22. The molecule has 0 N–H and O–H groups in total. The molecule has 0 saturated heterocycles. The van der Waals surface area contributed by atoms with Crippen molar-refractivity contribution in [1.29, 1.82) is 0 Å². The van der Waals surface area contributed by atoms with Crippen molar-refractivity contribution in [3.8, 4) is 33.5 Å². The summed E-state index contributed by atoms with van der Waals surface area (Å²) in [7, 11) is 0. The standard InChI is InChI=1S/C35H28FNO/c36-31-17-16-28(32-22-26(18-19-37-32)23-10-4-1-5-11-23)35-33(31)30-21-27(24-12-6-2-7-13-24)20-29(34(30)38-35)25-14-8-3-9-15-25/h2-3,6-9,12-23H,1,4-5,10-11H2. The molecule has 2 aromatic heterocycles. The van der Waals surface area contributed by atoms with Crippen LogP contribution in [0.25, 0.3) is 55.4 Å². The minimum Gasteiger partial charge on any atom is -0.455 e. The molecule has 4 aromatic carbocycles. The second kappa shape index (κ2) is 9.57. The monoisotopic (exact) mass is 497 g/mol. The number of pyridine rings is 1. The zero-order valence-electron chi connectivity index (χ0n) is 21.2. The van der Waals surface area contributed by atoms with E-state index in [1.165, 1.54) is 37.7 Å². The summed E-state index contributed by atoms with van der Waals surface area (Å²) >= 11 is 0. The average molecular weight is 498 g/mol. The highest BCUT2D eigenvalue weighted by molar-refractivity contribution is 6.14. The van der Waals surface area contributed by atoms with Crippen LogP contribution in [0.4, 0.5) is 4.39 Å². The fraction of sp³-hybridized carbons (Fsp3) is 0.171. The maximum atomic E-state index is 15.6. The summed E-state index contributed by atoms with van der Waals surface area (Å²) in [6, 6.07) is 32.3. The summed E-state index contributed by atoms with van der Waals surface area (Å²) in [5, 5.41) is 1.29. The Labute approximate surface area is 221 Å². The predicted molar refractivity (Wildman–Crippen MR) is 154 cm³/mol. The van der Waals surface area contributed by atoms with Crippen LogP contribution in [0, 0.1) is 5.82 Å². The molecule has 0 atom stereocenters. The Bertz CT molecular complexity index is 1750. The fourth-order valence-corrected chi connectivity index (χ4v) is 6.06. The SMILES string of the molecule is Fc1ccc(-c2cc(C3CCCCC3)ccn2)c2oc3c(-c4ccccc4)cc(-c4ccccc4)cc3c12. The van der Waals surface area contributed by atoms with Crippen LogP contribution in [0.1, 0.15) is 43.6 Å². The number of rotatable bonds is 4. The van der Waals surface area contributed by atoms with E-state index in [2.05, 4.69) is 48.5 Å². The van der Waals surface area contributed by atoms with Gasteiger partial charge in [0.15, 0.2) is 0 Å². The van der Waals surface area contributed by atoms with Crippen LogP contribution >= 0.6 is 0 Å². The second-order valence-corrected chi connectivity index (χ2v) is 10.3. The Kier molecular flexibility index (Phi) is 5.77. The van der Waals surface area contributed by atoms with Gasteiger partial charge in [-0.15, -0.1) is 0 Å². The van der Waals surface area contributed by atoms with E-state index in [0.717, 1.165) is 38.9 Å². The van der Waals surface area contributed by atoms with Crippen LogP contribution in [-0.4, -0.2) is 4.98 Å². The maximum Gasteiger partial charge on any atom is 0.147 e. The minimum atomic E-state index is -0.282. The lowest BCUT2D eigenvalue weighted by atomic mass is 9.84. The second-order valence-electron chi connectivity index (χ2n) is 10.3. The first-order chi connectivity index (χ1) is 18.8. The molecule has 0 radical (unpaired) electrons. The van der Waals surface area contributed by atoms with Gasteiger partial charge in [0.05, 0.1) is 11.1 Å². The van der Waals surface area contributed by atoms with Crippen LogP contribution < -0.4 is 0 Å². The molecule has 1 aliphatic rings. The summed E-state index contributed by atoms with van der Waals surface area (Å²) in [5.41, 5.74) is 8.33. The van der Waals surface area contributed by atoms with E-state index < -0.39 is 0 Å². The molecule has 0 spiro atoms. The van der Waals surface area contributed by atoms with E-state index >= 15 is 4.39 Å². The molecular formula is C35H28FNO. The first-order valence-electron chi connectivity index (χ1n) is 13.5. The third-order valence-electron chi connectivity index (χ3n) is 8.00. The fourth-order valence-electron chi connectivity index (χ4n) is 6.06. The van der Waals surface area contributed by atoms with Gasteiger partial charge < -0.3 is 4.42 Å². The first-order valence-corrected chi connectivity index (χ1v) is 13.5. The van der Waals surface area contributed by atoms with E-state index in [4.69, 9.17) is 9.40 Å². The van der Waals surface area contributed by atoms with E-state index in [1.54, 1.807) is 6.07 Å². The van der Waals surface area contributed by atoms with Crippen LogP contribution in [0.3, 0.4) is 0 Å². The molecule has 0 bridgehead atoms. The molecule has 2 heterocycles. The molecule has 0 unspecified atom stereocenters. The highest BCUT2D eigenvalue weighted by atomic mass is 19.1. The Morgan fingerprint density at radius 2 is 1.39 bits per heavy atom. The lowest BCUT2D eigenvalue weighted by molar-refractivity contribution is 0.443. The molecule has 0 amide bonds. The van der Waals surface area contributed by atoms with E-state index in [0.29, 0.717) is 22.5 Å². The normalized spacial score (nSPS) is 14.3. The predicted octanol–water partition coefficient (Wildman–Crippen LogP) is 10.2. The topological polar surface area (TPSA) is 26.0 Å². The van der Waals surface area contributed by atoms with Crippen molar-refractivity contribution in [2.75, 3.05) is 0 Å². The van der Waals surface area contributed by atoms with Crippen molar-refractivity contribution in [2.45, 2.75) is 38.0 Å². The van der Waals surface area contributed by atoms with Crippen molar-refractivity contribution in [2.24, 2.45) is 0 Å². The molecular weight excluding hydrogens is 469 g/mol. The molecule has 3 heteroatoms. The quantitative estimate of drug-likeness (QED) is 0.242. The van der Waals surface area contributed by atoms with Crippen LogP contribution in [0.2, 0.25) is 0 Å². The molecule has 1 fully saturated rings. The van der Waals surface area contributed by atoms with Crippen molar-refractivity contribution in [3.63, 3.8) is 0 Å². The van der Waals surface area contributed by atoms with E-state index in [9.17, 15) is 0 Å². The third kappa shape index (κ3) is 3.99. The zero-order chi connectivity index (χ0) is 25.5. The Morgan fingerprint density at radius 3 is 2.16 bits per heavy atom. The van der Waals surface area contributed by atoms with Gasteiger partial charge in [-0.1, -0.05) is 79.9 Å². The number of aromatic nitrogens is 1. The summed E-state index contributed by atoms with van der Waals surface area (Å²) in [6.07, 6.45) is 8.20. The van der Waals surface area contributed by atoms with Gasteiger partial charge in [-0.25, -0.2) is 4.39 Å². The lowest BCUT2D eigenvalue weighted by Gasteiger charge is -2.22. The smallest absolute Gasteiger partial charge is 0.147 e. The lowest BCUT2D eigenvalue weighted by Crippen LogP contribution is -2.04. The van der Waals surface area contributed by atoms with Gasteiger partial charge in [0, 0.05) is 22.7 Å². The molecule has 1 saturated carbocycles. The summed E-state index contributed by atoms with van der Waals surface area (Å²) in [5.74, 6) is 0.283. The number of hydrogen-bond acceptors (Lipinski definition) is 2. The molecule has 2 nitrogen and oxygen atoms in total. The van der Waals surface area contributed by atoms with Crippen molar-refractivity contribution >= 4 is 21.9 Å². The van der Waals surface area contributed by atoms with Crippen molar-refractivity contribution in [3.05, 3.63) is 115 Å². The largest absolute Gasteiger partial charge is 0.455 e. The summed E-state index contributed by atoms with van der Waals surface area (Å²) in [4.78, 5) is 4.72. The van der Waals surface area contributed by atoms with Crippen LogP contribution in [0.15, 0.2) is 108 Å². The average Bonchev–Trinajstić information content (AvgIpc) is 3.39. The van der Waals surface area contributed by atoms with Gasteiger partial charge in [0.1, 0.15) is 17.0 Å². The molecule has 0 aliphatic heterocycles. The van der Waals surface area contributed by atoms with Crippen molar-refractivity contribution in [1.82, 2.24) is 4.98 Å². The van der Waals surface area contributed by atoms with Gasteiger partial charge >= 0.3 is 0 Å². The highest BCUT2D eigenvalue weighted by Crippen LogP contribution is 2.43. The van der Waals surface area contributed by atoms with E-state index in [1.807, 2.05) is 48.7 Å². The van der Waals surface area contributed by atoms with Gasteiger partial charge in [0.2, 0.25) is 0 Å². The number of hydrogen-bond donors (Lipinski definition) is 0. The Hall–Kier alpha value is -4.24. The first kappa shape index (κ1) is 22.9. The molecule has 6 aromatic rings. The molecule has 38 heavy (non-hydrogen) atoms. The van der Waals surface area contributed by atoms with Gasteiger partial charge in [-0.3, -0.25) is 4.98 Å². The van der Waals surface area contributed by atoms with Crippen LogP contribution in [-0.2, 0) is 0 Å². The molecule has 7 rings (SSSR count). The number of fused-ring (bicyclic) bond motifs is 3. The van der Waals surface area contributed by atoms with E-state index in [-0.39, 0.29) is 5.82 Å². The molecule has 186 valence electrons. The minimum absolute atomic E-state index is 0.282. The number of nitrogens with zero attached hydrogens (tertiary/aromatic N) is 1. The third-order valence-corrected chi connectivity index (χ3v) is 8.00. The Morgan fingerprint density at radius 1 is 0.658 bits per heavy atom. The zero-order valence-corrected chi connectivity index (χ0v) is 21.2. The van der Waals surface area contributed by atoms with Gasteiger partial charge in [-0.2, -0.15) is 0 Å². The van der Waals surface area contributed by atoms with Crippen molar-refractivity contribution < 1.29 is 8.81 Å². The van der Waals surface area contributed by atoms with Gasteiger partial charge in [0.25, 0.3) is 0 Å². The van der Waals surface area contributed by atoms with Crippen LogP contribution in [0.5, 0.6) is 0 Å². The van der Waals surface area contributed by atoms with Gasteiger partial charge in [-0.05, 0) is 77.4 Å². The number of benzene rings is 4. The molecule has 1 aliphatic carbocycles. The Balaban J connectivity index is 1.48. The summed E-state index contributed by atoms with van der Waals surface area (Å²) in [6.45, 7) is 0.